The first-order valence-corrected chi connectivity index (χ1v) is 12.6. The number of methoxy groups -OCH3 is 1. The second-order valence-electron chi connectivity index (χ2n) is 9.55. The van der Waals surface area contributed by atoms with Gasteiger partial charge in [-0.1, -0.05) is 11.6 Å². The van der Waals surface area contributed by atoms with E-state index < -0.39 is 11.7 Å². The number of hydrogen-bond donors (Lipinski definition) is 3. The molecule has 1 heterocycles. The zero-order chi connectivity index (χ0) is 26.1. The van der Waals surface area contributed by atoms with Crippen LogP contribution in [0.4, 0.5) is 10.5 Å². The van der Waals surface area contributed by atoms with E-state index in [0.29, 0.717) is 31.1 Å². The summed E-state index contributed by atoms with van der Waals surface area (Å²) in [5.74, 6) is 0.720. The lowest BCUT2D eigenvalue weighted by atomic mass is 10.1. The molecule has 194 valence electrons. The number of hydrogen-bond acceptors (Lipinski definition) is 6. The first-order valence-electron chi connectivity index (χ1n) is 12.2. The Morgan fingerprint density at radius 1 is 0.917 bits per heavy atom. The van der Waals surface area contributed by atoms with Gasteiger partial charge >= 0.3 is 6.09 Å². The molecule has 0 radical (unpaired) electrons. The molecule has 3 N–H and O–H groups in total. The van der Waals surface area contributed by atoms with Crippen molar-refractivity contribution in [2.24, 2.45) is 0 Å². The number of nitrogens with one attached hydrogen (secondary N) is 3. The van der Waals surface area contributed by atoms with Crippen LogP contribution in [-0.2, 0) is 9.53 Å². The van der Waals surface area contributed by atoms with Gasteiger partial charge in [-0.25, -0.2) is 9.78 Å². The number of anilines is 1. The molecule has 2 aromatic carbocycles. The molecule has 3 aromatic rings. The third-order valence-electron chi connectivity index (χ3n) is 5.44. The Labute approximate surface area is 217 Å². The van der Waals surface area contributed by atoms with Crippen LogP contribution in [0.2, 0.25) is 5.02 Å². The molecule has 0 spiro atoms. The lowest BCUT2D eigenvalue weighted by Gasteiger charge is -2.19. The summed E-state index contributed by atoms with van der Waals surface area (Å²) in [6, 6.07) is 11.3. The summed E-state index contributed by atoms with van der Waals surface area (Å²) in [5, 5.41) is 11.6. The highest BCUT2D eigenvalue weighted by Crippen LogP contribution is 2.34. The molecule has 0 aliphatic rings. The van der Waals surface area contributed by atoms with Crippen molar-refractivity contribution >= 4 is 51.1 Å². The molecule has 0 aliphatic carbocycles. The maximum absolute atomic E-state index is 12.3. The van der Waals surface area contributed by atoms with E-state index in [1.807, 2.05) is 57.2 Å². The fourth-order valence-electron chi connectivity index (χ4n) is 3.76. The molecule has 9 heteroatoms. The molecule has 0 aliphatic heterocycles. The fraction of sp³-hybridized carbons (Fsp3) is 0.444. The lowest BCUT2D eigenvalue weighted by molar-refractivity contribution is -0.120. The topological polar surface area (TPSA) is 102 Å². The number of nitrogens with zero attached hydrogens (tertiary/aromatic N) is 1. The van der Waals surface area contributed by atoms with Crippen molar-refractivity contribution in [1.82, 2.24) is 15.6 Å². The SMILES string of the molecule is COc1ccc2nc3cc(Cl)ccc3c(NCCC(=O)NCCCCCNC(=O)OC(C)(C)C)c2c1. The second-order valence-corrected chi connectivity index (χ2v) is 9.98. The van der Waals surface area contributed by atoms with Gasteiger partial charge in [0.25, 0.3) is 0 Å². The highest BCUT2D eigenvalue weighted by atomic mass is 35.5. The Balaban J connectivity index is 1.46. The van der Waals surface area contributed by atoms with Crippen LogP contribution in [0, 0.1) is 0 Å². The summed E-state index contributed by atoms with van der Waals surface area (Å²) < 4.78 is 10.6. The molecular formula is C27H35ClN4O4. The lowest BCUT2D eigenvalue weighted by Crippen LogP contribution is -2.33. The fourth-order valence-corrected chi connectivity index (χ4v) is 3.93. The maximum Gasteiger partial charge on any atom is 0.407 e. The Bertz CT molecular complexity index is 1210. The first-order chi connectivity index (χ1) is 17.2. The number of rotatable bonds is 11. The summed E-state index contributed by atoms with van der Waals surface area (Å²) in [4.78, 5) is 28.7. The van der Waals surface area contributed by atoms with Gasteiger partial charge in [-0.3, -0.25) is 4.79 Å². The van der Waals surface area contributed by atoms with E-state index in [2.05, 4.69) is 16.0 Å². The Morgan fingerprint density at radius 3 is 2.39 bits per heavy atom. The highest BCUT2D eigenvalue weighted by Gasteiger charge is 2.15. The van der Waals surface area contributed by atoms with Crippen molar-refractivity contribution in [2.45, 2.75) is 52.1 Å². The number of halogens is 1. The minimum Gasteiger partial charge on any atom is -0.497 e. The van der Waals surface area contributed by atoms with Crippen LogP contribution in [0.15, 0.2) is 36.4 Å². The number of benzene rings is 2. The minimum atomic E-state index is -0.499. The van der Waals surface area contributed by atoms with E-state index in [1.165, 1.54) is 0 Å². The molecule has 8 nitrogen and oxygen atoms in total. The van der Waals surface area contributed by atoms with Crippen molar-refractivity contribution in [3.8, 4) is 5.75 Å². The summed E-state index contributed by atoms with van der Waals surface area (Å²) >= 11 is 6.18. The Hall–Kier alpha value is -3.26. The largest absolute Gasteiger partial charge is 0.497 e. The van der Waals surface area contributed by atoms with Gasteiger partial charge in [0.2, 0.25) is 5.91 Å². The van der Waals surface area contributed by atoms with E-state index in [-0.39, 0.29) is 5.91 Å². The highest BCUT2D eigenvalue weighted by molar-refractivity contribution is 6.31. The molecule has 0 saturated heterocycles. The summed E-state index contributed by atoms with van der Waals surface area (Å²) in [6.07, 6.45) is 2.50. The van der Waals surface area contributed by atoms with Gasteiger partial charge in [0, 0.05) is 41.9 Å². The van der Waals surface area contributed by atoms with Gasteiger partial charge in [-0.2, -0.15) is 0 Å². The molecule has 0 fully saturated rings. The first kappa shape index (κ1) is 27.3. The van der Waals surface area contributed by atoms with Crippen molar-refractivity contribution in [3.05, 3.63) is 41.4 Å². The van der Waals surface area contributed by atoms with Crippen LogP contribution in [0.5, 0.6) is 5.75 Å². The van der Waals surface area contributed by atoms with Gasteiger partial charge in [-0.15, -0.1) is 0 Å². The number of carbonyl (C=O) groups is 2. The summed E-state index contributed by atoms with van der Waals surface area (Å²) in [6.45, 7) is 7.12. The second kappa shape index (κ2) is 12.6. The predicted octanol–water partition coefficient (Wildman–Crippen LogP) is 5.66. The number of pyridine rings is 1. The van der Waals surface area contributed by atoms with Crippen molar-refractivity contribution in [3.63, 3.8) is 0 Å². The molecule has 2 amide bonds. The Kier molecular flexibility index (Phi) is 9.58. The maximum atomic E-state index is 12.3. The Morgan fingerprint density at radius 2 is 1.67 bits per heavy atom. The molecule has 1 aromatic heterocycles. The molecule has 0 unspecified atom stereocenters. The van der Waals surface area contributed by atoms with Crippen LogP contribution >= 0.6 is 11.6 Å². The average molecular weight is 515 g/mol. The number of aromatic nitrogens is 1. The third kappa shape index (κ3) is 8.16. The molecule has 0 bridgehead atoms. The van der Waals surface area contributed by atoms with Gasteiger partial charge in [0.15, 0.2) is 0 Å². The normalized spacial score (nSPS) is 11.4. The van der Waals surface area contributed by atoms with Gasteiger partial charge in [0.1, 0.15) is 11.4 Å². The quantitative estimate of drug-likeness (QED) is 0.225. The van der Waals surface area contributed by atoms with E-state index in [4.69, 9.17) is 26.1 Å². The van der Waals surface area contributed by atoms with Gasteiger partial charge in [-0.05, 0) is 76.4 Å². The summed E-state index contributed by atoms with van der Waals surface area (Å²) in [5.41, 5.74) is 2.00. The van der Waals surface area contributed by atoms with Crippen molar-refractivity contribution in [2.75, 3.05) is 32.1 Å². The monoisotopic (exact) mass is 514 g/mol. The third-order valence-corrected chi connectivity index (χ3v) is 5.68. The van der Waals surface area contributed by atoms with Crippen LogP contribution in [0.1, 0.15) is 46.5 Å². The van der Waals surface area contributed by atoms with Crippen molar-refractivity contribution < 1.29 is 19.1 Å². The van der Waals surface area contributed by atoms with Gasteiger partial charge in [0.05, 0.1) is 23.8 Å². The molecule has 36 heavy (non-hydrogen) atoms. The zero-order valence-corrected chi connectivity index (χ0v) is 22.1. The predicted molar refractivity (Wildman–Crippen MR) is 145 cm³/mol. The average Bonchev–Trinajstić information content (AvgIpc) is 2.81. The number of alkyl carbamates (subject to hydrolysis) is 1. The minimum absolute atomic E-state index is 0.0160. The summed E-state index contributed by atoms with van der Waals surface area (Å²) in [7, 11) is 1.63. The van der Waals surface area contributed by atoms with Crippen LogP contribution in [0.3, 0.4) is 0 Å². The number of carbonyl (C=O) groups excluding carboxylic acids is 2. The van der Waals surface area contributed by atoms with E-state index in [0.717, 1.165) is 52.5 Å². The molecule has 0 atom stereocenters. The molecule has 0 saturated carbocycles. The van der Waals surface area contributed by atoms with Gasteiger partial charge < -0.3 is 25.4 Å². The smallest absolute Gasteiger partial charge is 0.407 e. The molecule has 3 rings (SSSR count). The number of fused-ring (bicyclic) bond motifs is 2. The standard InChI is InChI=1S/C27H35ClN4O4/c1-27(2,3)36-26(34)31-14-7-5-6-13-29-24(33)12-15-30-25-20-10-8-18(28)16-23(20)32-22-11-9-19(35-4)17-21(22)25/h8-11,16-17H,5-7,12-15H2,1-4H3,(H,29,33)(H,30,32)(H,31,34). The molecular weight excluding hydrogens is 480 g/mol. The number of unbranched alkanes of at least 4 members (excludes halogenated alkanes) is 2. The van der Waals surface area contributed by atoms with E-state index >= 15 is 0 Å². The zero-order valence-electron chi connectivity index (χ0n) is 21.4. The van der Waals surface area contributed by atoms with Crippen molar-refractivity contribution in [1.29, 1.82) is 0 Å². The number of amides is 2. The van der Waals surface area contributed by atoms with E-state index in [1.54, 1.807) is 7.11 Å². The van der Waals surface area contributed by atoms with E-state index in [9.17, 15) is 9.59 Å². The van der Waals surface area contributed by atoms with Crippen LogP contribution in [0.25, 0.3) is 21.8 Å². The van der Waals surface area contributed by atoms with Crippen LogP contribution < -0.4 is 20.7 Å². The number of ether oxygens (including phenoxy) is 2. The van der Waals surface area contributed by atoms with Crippen LogP contribution in [-0.4, -0.2) is 49.3 Å².